The standard InChI is InChI=1S/C15H22BrNO3S/c1-4-6-14(18)15(11(3)5-2)17-21(19,20)13-9-7-12(16)8-10-13/h4,7-11,14-15,17-18H,1,5-6H2,2-3H3/t11-,14?,15-/m0/s1. The Hall–Kier alpha value is -0.690. The summed E-state index contributed by atoms with van der Waals surface area (Å²) in [5.74, 6) is 0.0187. The van der Waals surface area contributed by atoms with E-state index in [0.717, 1.165) is 10.9 Å². The fourth-order valence-corrected chi connectivity index (χ4v) is 3.65. The van der Waals surface area contributed by atoms with Crippen LogP contribution in [-0.4, -0.2) is 25.7 Å². The first-order chi connectivity index (χ1) is 9.81. The molecule has 0 aliphatic heterocycles. The first kappa shape index (κ1) is 18.4. The molecule has 6 heteroatoms. The molecular weight excluding hydrogens is 354 g/mol. The van der Waals surface area contributed by atoms with Crippen LogP contribution in [0.3, 0.4) is 0 Å². The Balaban J connectivity index is 3.00. The number of halogens is 1. The second-order valence-corrected chi connectivity index (χ2v) is 7.71. The van der Waals surface area contributed by atoms with Crippen LogP contribution in [0.5, 0.6) is 0 Å². The summed E-state index contributed by atoms with van der Waals surface area (Å²) in [7, 11) is -3.66. The Kier molecular flexibility index (Phi) is 7.06. The molecule has 0 heterocycles. The molecule has 0 saturated heterocycles. The maximum absolute atomic E-state index is 12.4. The third kappa shape index (κ3) is 5.21. The van der Waals surface area contributed by atoms with E-state index in [-0.39, 0.29) is 10.8 Å². The lowest BCUT2D eigenvalue weighted by Crippen LogP contribution is -2.47. The largest absolute Gasteiger partial charge is 0.391 e. The summed E-state index contributed by atoms with van der Waals surface area (Å²) >= 11 is 3.27. The maximum atomic E-state index is 12.4. The molecule has 0 fully saturated rings. The predicted octanol–water partition coefficient (Wildman–Crippen LogP) is 3.08. The van der Waals surface area contributed by atoms with E-state index in [1.807, 2.05) is 13.8 Å². The lowest BCUT2D eigenvalue weighted by Gasteiger charge is -2.28. The van der Waals surface area contributed by atoms with Gasteiger partial charge in [0.1, 0.15) is 0 Å². The third-order valence-corrected chi connectivity index (χ3v) is 5.50. The molecule has 3 atom stereocenters. The number of sulfonamides is 1. The minimum Gasteiger partial charge on any atom is -0.391 e. The van der Waals surface area contributed by atoms with E-state index < -0.39 is 22.2 Å². The normalized spacial score (nSPS) is 16.2. The molecule has 0 spiro atoms. The Bertz CT molecular complexity index is 557. The van der Waals surface area contributed by atoms with Crippen molar-refractivity contribution >= 4 is 26.0 Å². The highest BCUT2D eigenvalue weighted by atomic mass is 79.9. The molecule has 1 aromatic carbocycles. The van der Waals surface area contributed by atoms with Gasteiger partial charge in [-0.15, -0.1) is 6.58 Å². The number of hydrogen-bond acceptors (Lipinski definition) is 3. The van der Waals surface area contributed by atoms with Crippen molar-refractivity contribution < 1.29 is 13.5 Å². The Morgan fingerprint density at radius 1 is 1.38 bits per heavy atom. The minimum absolute atomic E-state index is 0.0187. The highest BCUT2D eigenvalue weighted by Gasteiger charge is 2.28. The second-order valence-electron chi connectivity index (χ2n) is 5.08. The van der Waals surface area contributed by atoms with Crippen LogP contribution in [0.1, 0.15) is 26.7 Å². The summed E-state index contributed by atoms with van der Waals surface area (Å²) in [6.45, 7) is 7.47. The molecule has 4 nitrogen and oxygen atoms in total. The van der Waals surface area contributed by atoms with Gasteiger partial charge in [-0.1, -0.05) is 42.3 Å². The van der Waals surface area contributed by atoms with Crippen molar-refractivity contribution in [2.24, 2.45) is 5.92 Å². The van der Waals surface area contributed by atoms with E-state index >= 15 is 0 Å². The molecule has 2 N–H and O–H groups in total. The molecule has 118 valence electrons. The second kappa shape index (κ2) is 8.08. The lowest BCUT2D eigenvalue weighted by molar-refractivity contribution is 0.114. The topological polar surface area (TPSA) is 66.4 Å². The summed E-state index contributed by atoms with van der Waals surface area (Å²) in [5, 5.41) is 10.2. The molecule has 0 bridgehead atoms. The van der Waals surface area contributed by atoms with Crippen LogP contribution >= 0.6 is 15.9 Å². The molecule has 1 unspecified atom stereocenters. The van der Waals surface area contributed by atoms with Crippen molar-refractivity contribution in [3.05, 3.63) is 41.4 Å². The monoisotopic (exact) mass is 375 g/mol. The number of rotatable bonds is 8. The van der Waals surface area contributed by atoms with Crippen molar-refractivity contribution in [2.75, 3.05) is 0 Å². The van der Waals surface area contributed by atoms with Gasteiger partial charge in [0.2, 0.25) is 10.0 Å². The minimum atomic E-state index is -3.66. The Morgan fingerprint density at radius 2 is 1.95 bits per heavy atom. The molecule has 0 amide bonds. The summed E-state index contributed by atoms with van der Waals surface area (Å²) < 4.78 is 28.3. The summed E-state index contributed by atoms with van der Waals surface area (Å²) in [5.41, 5.74) is 0. The molecule has 1 aromatic rings. The first-order valence-corrected chi connectivity index (χ1v) is 9.16. The van der Waals surface area contributed by atoms with Gasteiger partial charge in [-0.3, -0.25) is 0 Å². The van der Waals surface area contributed by atoms with Gasteiger partial charge in [-0.25, -0.2) is 13.1 Å². The summed E-state index contributed by atoms with van der Waals surface area (Å²) in [6, 6.07) is 5.86. The van der Waals surface area contributed by atoms with Crippen LogP contribution in [0.4, 0.5) is 0 Å². The fraction of sp³-hybridized carbons (Fsp3) is 0.467. The van der Waals surface area contributed by atoms with E-state index in [4.69, 9.17) is 0 Å². The van der Waals surface area contributed by atoms with Crippen molar-refractivity contribution in [3.63, 3.8) is 0 Å². The van der Waals surface area contributed by atoms with Gasteiger partial charge in [-0.05, 0) is 36.6 Å². The smallest absolute Gasteiger partial charge is 0.240 e. The fourth-order valence-electron chi connectivity index (χ4n) is 2.01. The van der Waals surface area contributed by atoms with Crippen molar-refractivity contribution in [2.45, 2.75) is 43.7 Å². The SMILES string of the molecule is C=CCC(O)[C@@H](NS(=O)(=O)c1ccc(Br)cc1)[C@@H](C)CC. The summed E-state index contributed by atoms with van der Waals surface area (Å²) in [6.07, 6.45) is 1.91. The molecule has 0 radical (unpaired) electrons. The molecule has 0 saturated carbocycles. The van der Waals surface area contributed by atoms with Crippen LogP contribution in [0.15, 0.2) is 46.3 Å². The molecule has 0 aliphatic rings. The van der Waals surface area contributed by atoms with Crippen LogP contribution in [-0.2, 0) is 10.0 Å². The number of nitrogens with one attached hydrogen (secondary N) is 1. The number of aliphatic hydroxyl groups excluding tert-OH is 1. The molecule has 21 heavy (non-hydrogen) atoms. The van der Waals surface area contributed by atoms with Gasteiger partial charge in [0, 0.05) is 4.47 Å². The third-order valence-electron chi connectivity index (χ3n) is 3.49. The maximum Gasteiger partial charge on any atom is 0.240 e. The average molecular weight is 376 g/mol. The van der Waals surface area contributed by atoms with Crippen LogP contribution < -0.4 is 4.72 Å². The van der Waals surface area contributed by atoms with Crippen LogP contribution in [0, 0.1) is 5.92 Å². The van der Waals surface area contributed by atoms with Crippen LogP contribution in [0.2, 0.25) is 0 Å². The molecule has 0 aliphatic carbocycles. The first-order valence-electron chi connectivity index (χ1n) is 6.88. The van der Waals surface area contributed by atoms with Gasteiger partial charge in [0.05, 0.1) is 17.0 Å². The van der Waals surface area contributed by atoms with Crippen LogP contribution in [0.25, 0.3) is 0 Å². The Labute approximate surface area is 135 Å². The summed E-state index contributed by atoms with van der Waals surface area (Å²) in [4.78, 5) is 0.185. The molecular formula is C15H22BrNO3S. The lowest BCUT2D eigenvalue weighted by atomic mass is 9.94. The van der Waals surface area contributed by atoms with E-state index in [0.29, 0.717) is 6.42 Å². The number of hydrogen-bond donors (Lipinski definition) is 2. The van der Waals surface area contributed by atoms with E-state index in [2.05, 4.69) is 27.2 Å². The zero-order chi connectivity index (χ0) is 16.0. The van der Waals surface area contributed by atoms with Gasteiger partial charge in [0.25, 0.3) is 0 Å². The highest BCUT2D eigenvalue weighted by molar-refractivity contribution is 9.10. The van der Waals surface area contributed by atoms with E-state index in [9.17, 15) is 13.5 Å². The van der Waals surface area contributed by atoms with Crippen molar-refractivity contribution in [1.29, 1.82) is 0 Å². The van der Waals surface area contributed by atoms with Crippen molar-refractivity contribution in [3.8, 4) is 0 Å². The molecule has 0 aromatic heterocycles. The number of aliphatic hydroxyl groups is 1. The quantitative estimate of drug-likeness (QED) is 0.686. The predicted molar refractivity (Wildman–Crippen MR) is 88.5 cm³/mol. The average Bonchev–Trinajstić information content (AvgIpc) is 2.44. The number of benzene rings is 1. The highest BCUT2D eigenvalue weighted by Crippen LogP contribution is 2.19. The van der Waals surface area contributed by atoms with Gasteiger partial charge in [-0.2, -0.15) is 0 Å². The van der Waals surface area contributed by atoms with E-state index in [1.54, 1.807) is 18.2 Å². The van der Waals surface area contributed by atoms with E-state index in [1.165, 1.54) is 12.1 Å². The van der Waals surface area contributed by atoms with Gasteiger partial charge in [0.15, 0.2) is 0 Å². The van der Waals surface area contributed by atoms with Gasteiger partial charge >= 0.3 is 0 Å². The van der Waals surface area contributed by atoms with Crippen molar-refractivity contribution in [1.82, 2.24) is 4.72 Å². The zero-order valence-corrected chi connectivity index (χ0v) is 14.7. The Morgan fingerprint density at radius 3 is 2.43 bits per heavy atom. The zero-order valence-electron chi connectivity index (χ0n) is 12.3. The molecule has 1 rings (SSSR count). The van der Waals surface area contributed by atoms with Gasteiger partial charge < -0.3 is 5.11 Å².